The van der Waals surface area contributed by atoms with Crippen molar-refractivity contribution in [1.82, 2.24) is 10.2 Å². The van der Waals surface area contributed by atoms with Crippen LogP contribution in [0.1, 0.15) is 50.5 Å². The average molecular weight is 449 g/mol. The van der Waals surface area contributed by atoms with Crippen LogP contribution in [0, 0.1) is 0 Å². The van der Waals surface area contributed by atoms with E-state index in [4.69, 9.17) is 21.7 Å². The standard InChI is InChI=1S/C22H28N2O4S2/c1-27-17-11-10-15(13-18(17)28-2)14-19-21(26)24(22(29)30-19)12-6-9-20(25)23-16-7-4-3-5-8-16/h10-11,13-14,16H,3-9,12H2,1-2H3,(H,23,25). The quantitative estimate of drug-likeness (QED) is 0.476. The van der Waals surface area contributed by atoms with Crippen molar-refractivity contribution in [2.75, 3.05) is 20.8 Å². The number of thiocarbonyl (C=S) groups is 1. The highest BCUT2D eigenvalue weighted by Crippen LogP contribution is 2.34. The van der Waals surface area contributed by atoms with Crippen LogP contribution in [0.4, 0.5) is 0 Å². The topological polar surface area (TPSA) is 67.9 Å². The van der Waals surface area contributed by atoms with Crippen molar-refractivity contribution in [3.63, 3.8) is 0 Å². The molecule has 1 saturated heterocycles. The summed E-state index contributed by atoms with van der Waals surface area (Å²) in [5, 5.41) is 3.11. The second-order valence-electron chi connectivity index (χ2n) is 7.45. The van der Waals surface area contributed by atoms with Crippen molar-refractivity contribution in [1.29, 1.82) is 0 Å². The minimum atomic E-state index is -0.118. The van der Waals surface area contributed by atoms with Crippen LogP contribution in [-0.4, -0.2) is 47.8 Å². The highest BCUT2D eigenvalue weighted by molar-refractivity contribution is 8.26. The average Bonchev–Trinajstić information content (AvgIpc) is 3.01. The fourth-order valence-electron chi connectivity index (χ4n) is 3.73. The summed E-state index contributed by atoms with van der Waals surface area (Å²) in [6, 6.07) is 5.80. The zero-order chi connectivity index (χ0) is 21.5. The molecule has 0 spiro atoms. The number of carbonyl (C=O) groups excluding carboxylic acids is 2. The molecule has 2 fully saturated rings. The molecule has 30 heavy (non-hydrogen) atoms. The Bertz CT molecular complexity index is 834. The minimum Gasteiger partial charge on any atom is -0.493 e. The van der Waals surface area contributed by atoms with Gasteiger partial charge < -0.3 is 14.8 Å². The Balaban J connectivity index is 1.54. The van der Waals surface area contributed by atoms with Crippen molar-refractivity contribution in [3.05, 3.63) is 28.7 Å². The van der Waals surface area contributed by atoms with Gasteiger partial charge >= 0.3 is 0 Å². The molecule has 1 aliphatic carbocycles. The van der Waals surface area contributed by atoms with Gasteiger partial charge in [-0.3, -0.25) is 14.5 Å². The molecule has 0 bridgehead atoms. The number of amides is 2. The molecule has 1 heterocycles. The van der Waals surface area contributed by atoms with E-state index in [0.717, 1.165) is 18.4 Å². The van der Waals surface area contributed by atoms with Crippen molar-refractivity contribution in [3.8, 4) is 11.5 Å². The van der Waals surface area contributed by atoms with E-state index in [1.54, 1.807) is 31.3 Å². The largest absolute Gasteiger partial charge is 0.493 e. The molecule has 2 amide bonds. The van der Waals surface area contributed by atoms with Crippen LogP contribution in [0.5, 0.6) is 11.5 Å². The maximum atomic E-state index is 12.8. The molecule has 8 heteroatoms. The van der Waals surface area contributed by atoms with Crippen molar-refractivity contribution >= 4 is 46.2 Å². The van der Waals surface area contributed by atoms with Crippen LogP contribution in [0.2, 0.25) is 0 Å². The van der Waals surface area contributed by atoms with Gasteiger partial charge in [-0.05, 0) is 43.0 Å². The van der Waals surface area contributed by atoms with Gasteiger partial charge in [-0.1, -0.05) is 49.3 Å². The Labute approximate surface area is 187 Å². The Morgan fingerprint density at radius 2 is 1.97 bits per heavy atom. The number of hydrogen-bond donors (Lipinski definition) is 1. The van der Waals surface area contributed by atoms with Gasteiger partial charge in [0.15, 0.2) is 11.5 Å². The van der Waals surface area contributed by atoms with E-state index in [0.29, 0.717) is 46.2 Å². The Kier molecular flexibility index (Phi) is 8.16. The van der Waals surface area contributed by atoms with E-state index in [-0.39, 0.29) is 11.8 Å². The molecule has 0 unspecified atom stereocenters. The molecule has 1 saturated carbocycles. The summed E-state index contributed by atoms with van der Waals surface area (Å²) in [6.07, 6.45) is 8.58. The van der Waals surface area contributed by atoms with Crippen molar-refractivity contribution in [2.45, 2.75) is 51.0 Å². The molecular weight excluding hydrogens is 420 g/mol. The first-order chi connectivity index (χ1) is 14.5. The maximum Gasteiger partial charge on any atom is 0.266 e. The number of nitrogens with zero attached hydrogens (tertiary/aromatic N) is 1. The molecule has 2 aliphatic rings. The lowest BCUT2D eigenvalue weighted by Crippen LogP contribution is -2.36. The summed E-state index contributed by atoms with van der Waals surface area (Å²) in [5.41, 5.74) is 0.833. The third kappa shape index (κ3) is 5.76. The van der Waals surface area contributed by atoms with Gasteiger partial charge in [0.1, 0.15) is 4.32 Å². The van der Waals surface area contributed by atoms with Crippen LogP contribution < -0.4 is 14.8 Å². The summed E-state index contributed by atoms with van der Waals surface area (Å²) in [6.45, 7) is 0.450. The van der Waals surface area contributed by atoms with E-state index >= 15 is 0 Å². The van der Waals surface area contributed by atoms with Crippen LogP contribution in [0.3, 0.4) is 0 Å². The van der Waals surface area contributed by atoms with Crippen molar-refractivity contribution in [2.24, 2.45) is 0 Å². The predicted molar refractivity (Wildman–Crippen MR) is 124 cm³/mol. The molecule has 0 radical (unpaired) electrons. The summed E-state index contributed by atoms with van der Waals surface area (Å²) < 4.78 is 11.1. The summed E-state index contributed by atoms with van der Waals surface area (Å²) in [4.78, 5) is 27.1. The minimum absolute atomic E-state index is 0.0632. The number of ether oxygens (including phenoxy) is 2. The van der Waals surface area contributed by atoms with Gasteiger partial charge in [-0.25, -0.2) is 0 Å². The highest BCUT2D eigenvalue weighted by Gasteiger charge is 2.31. The lowest BCUT2D eigenvalue weighted by Gasteiger charge is -2.23. The van der Waals surface area contributed by atoms with Crippen molar-refractivity contribution < 1.29 is 19.1 Å². The molecule has 1 aromatic rings. The van der Waals surface area contributed by atoms with E-state index in [2.05, 4.69) is 5.32 Å². The van der Waals surface area contributed by atoms with Crippen LogP contribution in [-0.2, 0) is 9.59 Å². The zero-order valence-corrected chi connectivity index (χ0v) is 19.1. The molecule has 0 aromatic heterocycles. The molecule has 3 rings (SSSR count). The lowest BCUT2D eigenvalue weighted by atomic mass is 9.95. The SMILES string of the molecule is COc1ccc(C=C2SC(=S)N(CCCC(=O)NC3CCCCC3)C2=O)cc1OC. The normalized spacial score (nSPS) is 18.7. The second kappa shape index (κ2) is 10.8. The van der Waals surface area contributed by atoms with Crippen LogP contribution in [0.25, 0.3) is 6.08 Å². The first kappa shape index (κ1) is 22.6. The van der Waals surface area contributed by atoms with Gasteiger partial charge in [0, 0.05) is 19.0 Å². The second-order valence-corrected chi connectivity index (χ2v) is 9.13. The number of rotatable bonds is 8. The summed E-state index contributed by atoms with van der Waals surface area (Å²) in [7, 11) is 3.16. The van der Waals surface area contributed by atoms with E-state index in [1.165, 1.54) is 31.0 Å². The number of carbonyl (C=O) groups is 2. The Morgan fingerprint density at radius 3 is 2.67 bits per heavy atom. The van der Waals surface area contributed by atoms with Gasteiger partial charge in [-0.2, -0.15) is 0 Å². The third-order valence-electron chi connectivity index (χ3n) is 5.33. The molecule has 1 aliphatic heterocycles. The first-order valence-corrected chi connectivity index (χ1v) is 11.5. The first-order valence-electron chi connectivity index (χ1n) is 10.3. The molecule has 1 aromatic carbocycles. The maximum absolute atomic E-state index is 12.8. The van der Waals surface area contributed by atoms with E-state index < -0.39 is 0 Å². The van der Waals surface area contributed by atoms with E-state index in [9.17, 15) is 9.59 Å². The Morgan fingerprint density at radius 1 is 1.23 bits per heavy atom. The number of benzene rings is 1. The molecule has 1 N–H and O–H groups in total. The zero-order valence-electron chi connectivity index (χ0n) is 17.4. The number of hydrogen-bond acceptors (Lipinski definition) is 6. The van der Waals surface area contributed by atoms with Gasteiger partial charge in [-0.15, -0.1) is 0 Å². The van der Waals surface area contributed by atoms with Crippen LogP contribution in [0.15, 0.2) is 23.1 Å². The fourth-order valence-corrected chi connectivity index (χ4v) is 5.04. The monoisotopic (exact) mass is 448 g/mol. The smallest absolute Gasteiger partial charge is 0.266 e. The third-order valence-corrected chi connectivity index (χ3v) is 6.71. The summed E-state index contributed by atoms with van der Waals surface area (Å²) in [5.74, 6) is 1.18. The van der Waals surface area contributed by atoms with Gasteiger partial charge in [0.25, 0.3) is 5.91 Å². The predicted octanol–water partition coefficient (Wildman–Crippen LogP) is 4.13. The van der Waals surface area contributed by atoms with Gasteiger partial charge in [0.2, 0.25) is 5.91 Å². The lowest BCUT2D eigenvalue weighted by molar-refractivity contribution is -0.124. The molecule has 0 atom stereocenters. The van der Waals surface area contributed by atoms with Gasteiger partial charge in [0.05, 0.1) is 19.1 Å². The number of thioether (sulfide) groups is 1. The molecule has 162 valence electrons. The number of methoxy groups -OCH3 is 2. The number of nitrogens with one attached hydrogen (secondary N) is 1. The molecule has 6 nitrogen and oxygen atoms in total. The van der Waals surface area contributed by atoms with Crippen LogP contribution >= 0.6 is 24.0 Å². The highest BCUT2D eigenvalue weighted by atomic mass is 32.2. The van der Waals surface area contributed by atoms with E-state index in [1.807, 2.05) is 12.1 Å². The Hall–Kier alpha value is -2.06. The fraction of sp³-hybridized carbons (Fsp3) is 0.500. The molecular formula is C22H28N2O4S2. The summed E-state index contributed by atoms with van der Waals surface area (Å²) >= 11 is 6.67.